The first-order valence-corrected chi connectivity index (χ1v) is 12.8. The molecule has 1 fully saturated rings. The summed E-state index contributed by atoms with van der Waals surface area (Å²) >= 11 is 0. The number of carbonyl (C=O) groups excluding carboxylic acids is 2. The number of nitrogens with zero attached hydrogens (tertiary/aromatic N) is 5. The van der Waals surface area contributed by atoms with Gasteiger partial charge in [0.05, 0.1) is 44.6 Å². The summed E-state index contributed by atoms with van der Waals surface area (Å²) in [6, 6.07) is 10.7. The van der Waals surface area contributed by atoms with E-state index in [1.54, 1.807) is 0 Å². The Hall–Kier alpha value is -4.46. The molecule has 0 unspecified atom stereocenters. The Morgan fingerprint density at radius 3 is 1.82 bits per heavy atom. The van der Waals surface area contributed by atoms with Crippen molar-refractivity contribution in [1.82, 2.24) is 9.80 Å². The third kappa shape index (κ3) is 8.02. The van der Waals surface area contributed by atoms with Gasteiger partial charge in [-0.1, -0.05) is 44.2 Å². The van der Waals surface area contributed by atoms with Gasteiger partial charge in [-0.25, -0.2) is 0 Å². The normalized spacial score (nSPS) is 14.1. The van der Waals surface area contributed by atoms with Gasteiger partial charge in [-0.15, -0.1) is 0 Å². The average Bonchev–Trinajstić information content (AvgIpc) is 2.93. The Morgan fingerprint density at radius 2 is 1.43 bits per heavy atom. The molecule has 1 amide bonds. The summed E-state index contributed by atoms with van der Waals surface area (Å²) in [5, 5.41) is 42.1. The highest BCUT2D eigenvalue weighted by atomic mass is 16.6. The lowest BCUT2D eigenvalue weighted by atomic mass is 9.74. The minimum absolute atomic E-state index is 0.199. The monoisotopic (exact) mass is 558 g/mol. The predicted octanol–water partition coefficient (Wildman–Crippen LogP) is 3.35. The zero-order valence-electron chi connectivity index (χ0n) is 22.4. The van der Waals surface area contributed by atoms with Crippen molar-refractivity contribution in [1.29, 1.82) is 0 Å². The molecular weight excluding hydrogens is 526 g/mol. The second-order valence-corrected chi connectivity index (χ2v) is 9.38. The quantitative estimate of drug-likeness (QED) is 0.224. The molecule has 0 saturated carbocycles. The number of likely N-dealkylation sites (tertiary alicyclic amines) is 1. The van der Waals surface area contributed by atoms with Gasteiger partial charge in [0.15, 0.2) is 0 Å². The van der Waals surface area contributed by atoms with Crippen molar-refractivity contribution in [3.05, 3.63) is 78.4 Å². The summed E-state index contributed by atoms with van der Waals surface area (Å²) in [5.41, 5.74) is -2.62. The van der Waals surface area contributed by atoms with Crippen LogP contribution >= 0.6 is 0 Å². The molecule has 14 nitrogen and oxygen atoms in total. The largest absolute Gasteiger partial charge is 0.863 e. The van der Waals surface area contributed by atoms with Gasteiger partial charge in [0.25, 0.3) is 17.1 Å². The van der Waals surface area contributed by atoms with Crippen molar-refractivity contribution >= 4 is 29.3 Å². The van der Waals surface area contributed by atoms with Crippen molar-refractivity contribution in [2.24, 2.45) is 0 Å². The Bertz CT molecular complexity index is 1170. The zero-order valence-corrected chi connectivity index (χ0v) is 22.4. The molecule has 0 aliphatic carbocycles. The van der Waals surface area contributed by atoms with Gasteiger partial charge >= 0.3 is 0 Å². The van der Waals surface area contributed by atoms with Gasteiger partial charge in [0.1, 0.15) is 6.29 Å². The van der Waals surface area contributed by atoms with Crippen LogP contribution in [0, 0.1) is 30.3 Å². The minimum Gasteiger partial charge on any atom is -0.863 e. The third-order valence-corrected chi connectivity index (χ3v) is 6.66. The van der Waals surface area contributed by atoms with E-state index in [4.69, 9.17) is 0 Å². The van der Waals surface area contributed by atoms with Gasteiger partial charge in [-0.3, -0.25) is 40.0 Å². The molecule has 0 spiro atoms. The van der Waals surface area contributed by atoms with Crippen molar-refractivity contribution < 1.29 is 29.5 Å². The smallest absolute Gasteiger partial charge is 0.283 e. The van der Waals surface area contributed by atoms with E-state index in [1.165, 1.54) is 0 Å². The first-order valence-electron chi connectivity index (χ1n) is 12.8. The van der Waals surface area contributed by atoms with Gasteiger partial charge in [0, 0.05) is 13.1 Å². The Morgan fingerprint density at radius 1 is 0.925 bits per heavy atom. The zero-order chi connectivity index (χ0) is 29.9. The van der Waals surface area contributed by atoms with E-state index in [9.17, 15) is 45.0 Å². The second-order valence-electron chi connectivity index (χ2n) is 9.38. The van der Waals surface area contributed by atoms with Crippen LogP contribution in [0.1, 0.15) is 45.1 Å². The van der Waals surface area contributed by atoms with Crippen molar-refractivity contribution in [3.63, 3.8) is 0 Å². The van der Waals surface area contributed by atoms with Crippen molar-refractivity contribution in [2.75, 3.05) is 32.7 Å². The number of rotatable bonds is 11. The van der Waals surface area contributed by atoms with Crippen LogP contribution in [0.25, 0.3) is 0 Å². The van der Waals surface area contributed by atoms with E-state index in [0.29, 0.717) is 44.6 Å². The summed E-state index contributed by atoms with van der Waals surface area (Å²) in [6.45, 7) is 8.06. The van der Waals surface area contributed by atoms with Crippen LogP contribution < -0.4 is 5.11 Å². The molecule has 2 aromatic carbocycles. The number of benzene rings is 2. The van der Waals surface area contributed by atoms with Gasteiger partial charge < -0.3 is 14.8 Å². The molecule has 0 atom stereocenters. The molecule has 3 rings (SSSR count). The summed E-state index contributed by atoms with van der Waals surface area (Å²) in [6.07, 6.45) is 4.65. The van der Waals surface area contributed by atoms with Gasteiger partial charge in [-0.05, 0) is 44.3 Å². The average molecular weight is 559 g/mol. The number of amides is 1. The molecule has 40 heavy (non-hydrogen) atoms. The summed E-state index contributed by atoms with van der Waals surface area (Å²) in [4.78, 5) is 56.1. The number of hydrogen-bond donors (Lipinski definition) is 0. The number of piperidine rings is 1. The molecule has 0 radical (unpaired) electrons. The van der Waals surface area contributed by atoms with E-state index in [1.807, 2.05) is 35.2 Å². The predicted molar refractivity (Wildman–Crippen MR) is 143 cm³/mol. The highest BCUT2D eigenvalue weighted by Gasteiger charge is 2.37. The van der Waals surface area contributed by atoms with Crippen LogP contribution in [0.2, 0.25) is 0 Å². The Balaban J connectivity index is 0.000000305. The number of non-ortho nitro benzene ring substituents is 1. The molecule has 1 saturated heterocycles. The summed E-state index contributed by atoms with van der Waals surface area (Å²) < 4.78 is 0. The van der Waals surface area contributed by atoms with Gasteiger partial charge in [-0.2, -0.15) is 0 Å². The number of nitro benzene ring substituents is 3. The number of aldehydes is 1. The van der Waals surface area contributed by atoms with Crippen LogP contribution in [0.15, 0.2) is 42.5 Å². The topological polar surface area (TPSA) is 193 Å². The Labute approximate surface area is 230 Å². The van der Waals surface area contributed by atoms with Crippen LogP contribution in [-0.4, -0.2) is 69.5 Å². The van der Waals surface area contributed by atoms with Gasteiger partial charge in [0.2, 0.25) is 5.91 Å². The maximum atomic E-state index is 12.6. The first kappa shape index (κ1) is 31.8. The molecule has 1 heterocycles. The fourth-order valence-corrected chi connectivity index (χ4v) is 4.55. The maximum absolute atomic E-state index is 12.6. The Kier molecular flexibility index (Phi) is 11.6. The molecule has 1 aliphatic heterocycles. The van der Waals surface area contributed by atoms with E-state index < -0.39 is 43.0 Å². The van der Waals surface area contributed by atoms with E-state index in [-0.39, 0.29) is 5.91 Å². The molecule has 14 heteroatoms. The fourth-order valence-electron chi connectivity index (χ4n) is 4.55. The van der Waals surface area contributed by atoms with Crippen LogP contribution in [0.3, 0.4) is 0 Å². The lowest BCUT2D eigenvalue weighted by Crippen LogP contribution is -2.49. The maximum Gasteiger partial charge on any atom is 0.283 e. The van der Waals surface area contributed by atoms with Crippen LogP contribution in [-0.2, 0) is 15.0 Å². The lowest BCUT2D eigenvalue weighted by molar-refractivity contribution is -0.420. The number of nitro groups is 3. The minimum atomic E-state index is -1.46. The van der Waals surface area contributed by atoms with Crippen LogP contribution in [0.5, 0.6) is 5.75 Å². The molecule has 216 valence electrons. The highest BCUT2D eigenvalue weighted by Crippen LogP contribution is 2.37. The van der Waals surface area contributed by atoms with E-state index in [2.05, 4.69) is 18.7 Å². The molecule has 0 aromatic heterocycles. The lowest BCUT2D eigenvalue weighted by Gasteiger charge is -2.39. The molecule has 0 bridgehead atoms. The van der Waals surface area contributed by atoms with Crippen molar-refractivity contribution in [3.8, 4) is 5.75 Å². The fraction of sp³-hybridized carbons (Fsp3) is 0.462. The number of hydrogen-bond acceptors (Lipinski definition) is 10. The van der Waals surface area contributed by atoms with Crippen molar-refractivity contribution in [2.45, 2.75) is 44.9 Å². The standard InChI is InChI=1S/C20H30N2O2.C6H3N3O7/c1-3-12-21(13-4-2)16-19(24)22-14-10-20(17-23,11-15-22)18-8-6-5-7-9-18;10-6-4(8(13)14)1-3(7(11)12)2-5(6)9(15)16/h5-9,17H,3-4,10-16H2,1-2H3;1-2,10H/p-1. The third-order valence-electron chi connectivity index (χ3n) is 6.66. The summed E-state index contributed by atoms with van der Waals surface area (Å²) in [5.74, 6) is -1.26. The SMILES string of the molecule is CCCN(CCC)CC(=O)N1CCC(C=O)(c2ccccc2)CC1.O=[N+]([O-])c1cc([N+](=O)[O-])c([O-])c([N+](=O)[O-])c1. The van der Waals surface area contributed by atoms with Crippen LogP contribution in [0.4, 0.5) is 17.1 Å². The molecular formula is C26H32N5O9-. The van der Waals surface area contributed by atoms with E-state index >= 15 is 0 Å². The first-order chi connectivity index (χ1) is 19.0. The molecule has 2 aromatic rings. The van der Waals surface area contributed by atoms with E-state index in [0.717, 1.165) is 37.8 Å². The molecule has 0 N–H and O–H groups in total. The molecule has 1 aliphatic rings. The second kappa shape index (κ2) is 14.6. The highest BCUT2D eigenvalue weighted by molar-refractivity contribution is 5.79. The number of carbonyl (C=O) groups is 2. The summed E-state index contributed by atoms with van der Waals surface area (Å²) in [7, 11) is 0.